The molecule has 1 saturated heterocycles. The molecule has 16 heavy (non-hydrogen) atoms. The van der Waals surface area contributed by atoms with Crippen molar-refractivity contribution in [2.24, 2.45) is 5.73 Å². The molecule has 3 N–H and O–H groups in total. The zero-order valence-corrected chi connectivity index (χ0v) is 9.69. The summed E-state index contributed by atoms with van der Waals surface area (Å²) in [5, 5.41) is 3.20. The highest BCUT2D eigenvalue weighted by Crippen LogP contribution is 2.24. The first-order valence-electron chi connectivity index (χ1n) is 5.87. The first-order chi connectivity index (χ1) is 7.85. The number of hydrogen-bond acceptors (Lipinski definition) is 5. The number of hydrogen-bond donors (Lipinski definition) is 2. The summed E-state index contributed by atoms with van der Waals surface area (Å²) in [6.45, 7) is 4.67. The Hall–Kier alpha value is -1.36. The molecule has 2 rings (SSSR count). The summed E-state index contributed by atoms with van der Waals surface area (Å²) < 4.78 is 0. The number of aromatic nitrogens is 2. The highest BCUT2D eigenvalue weighted by molar-refractivity contribution is 5.49. The first kappa shape index (κ1) is 11.1. The van der Waals surface area contributed by atoms with Crippen LogP contribution in [0.3, 0.4) is 0 Å². The van der Waals surface area contributed by atoms with E-state index in [0.29, 0.717) is 12.6 Å². The third-order valence-electron chi connectivity index (χ3n) is 2.95. The van der Waals surface area contributed by atoms with E-state index >= 15 is 0 Å². The van der Waals surface area contributed by atoms with Gasteiger partial charge in [0.1, 0.15) is 18.0 Å². The molecule has 0 spiro atoms. The van der Waals surface area contributed by atoms with E-state index in [-0.39, 0.29) is 0 Å². The summed E-state index contributed by atoms with van der Waals surface area (Å²) in [6.07, 6.45) is 3.97. The van der Waals surface area contributed by atoms with Gasteiger partial charge in [-0.25, -0.2) is 9.97 Å². The van der Waals surface area contributed by atoms with E-state index in [1.165, 1.54) is 6.42 Å². The second kappa shape index (κ2) is 5.12. The Morgan fingerprint density at radius 2 is 2.44 bits per heavy atom. The third kappa shape index (κ3) is 2.24. The van der Waals surface area contributed by atoms with E-state index < -0.39 is 0 Å². The minimum atomic E-state index is 0.435. The van der Waals surface area contributed by atoms with Crippen molar-refractivity contribution >= 4 is 11.6 Å². The van der Waals surface area contributed by atoms with Gasteiger partial charge in [-0.05, 0) is 19.8 Å². The molecule has 0 aromatic carbocycles. The normalized spacial score (nSPS) is 20.1. The number of anilines is 2. The summed E-state index contributed by atoms with van der Waals surface area (Å²) in [5.74, 6) is 1.87. The van der Waals surface area contributed by atoms with Crippen LogP contribution in [0, 0.1) is 0 Å². The molecule has 1 fully saturated rings. The van der Waals surface area contributed by atoms with Gasteiger partial charge < -0.3 is 16.0 Å². The molecule has 88 valence electrons. The lowest BCUT2D eigenvalue weighted by Gasteiger charge is -2.24. The smallest absolute Gasteiger partial charge is 0.134 e. The Morgan fingerprint density at radius 1 is 1.56 bits per heavy atom. The van der Waals surface area contributed by atoms with Gasteiger partial charge in [-0.2, -0.15) is 0 Å². The first-order valence-corrected chi connectivity index (χ1v) is 5.87. The zero-order valence-electron chi connectivity index (χ0n) is 9.69. The molecule has 1 aliphatic heterocycles. The van der Waals surface area contributed by atoms with Crippen molar-refractivity contribution in [1.29, 1.82) is 0 Å². The van der Waals surface area contributed by atoms with Gasteiger partial charge in [-0.1, -0.05) is 0 Å². The number of nitrogens with two attached hydrogens (primary N) is 1. The van der Waals surface area contributed by atoms with Crippen LogP contribution in [0.15, 0.2) is 12.4 Å². The lowest BCUT2D eigenvalue weighted by atomic mass is 10.2. The van der Waals surface area contributed by atoms with Crippen LogP contribution in [-0.2, 0) is 0 Å². The topological polar surface area (TPSA) is 67.1 Å². The Morgan fingerprint density at radius 3 is 3.19 bits per heavy atom. The van der Waals surface area contributed by atoms with Crippen molar-refractivity contribution in [2.45, 2.75) is 25.8 Å². The molecule has 1 atom stereocenters. The van der Waals surface area contributed by atoms with Gasteiger partial charge >= 0.3 is 0 Å². The van der Waals surface area contributed by atoms with Crippen molar-refractivity contribution in [1.82, 2.24) is 9.97 Å². The highest BCUT2D eigenvalue weighted by atomic mass is 15.2. The molecule has 0 amide bonds. The molecular weight excluding hydrogens is 202 g/mol. The number of nitrogens with zero attached hydrogens (tertiary/aromatic N) is 3. The molecule has 5 heteroatoms. The summed E-state index contributed by atoms with van der Waals surface area (Å²) in [5.41, 5.74) is 5.76. The second-order valence-corrected chi connectivity index (χ2v) is 4.02. The van der Waals surface area contributed by atoms with Crippen LogP contribution in [0.4, 0.5) is 11.6 Å². The molecule has 1 aromatic heterocycles. The molecule has 0 saturated carbocycles. The van der Waals surface area contributed by atoms with Crippen molar-refractivity contribution in [3.63, 3.8) is 0 Å². The van der Waals surface area contributed by atoms with Gasteiger partial charge in [0, 0.05) is 31.7 Å². The lowest BCUT2D eigenvalue weighted by molar-refractivity contribution is 0.671. The molecule has 2 heterocycles. The Kier molecular flexibility index (Phi) is 3.56. The molecular formula is C11H19N5. The van der Waals surface area contributed by atoms with Crippen molar-refractivity contribution in [2.75, 3.05) is 29.9 Å². The van der Waals surface area contributed by atoms with Crippen LogP contribution in [0.5, 0.6) is 0 Å². The van der Waals surface area contributed by atoms with Crippen LogP contribution in [0.1, 0.15) is 19.8 Å². The summed E-state index contributed by atoms with van der Waals surface area (Å²) >= 11 is 0. The summed E-state index contributed by atoms with van der Waals surface area (Å²) in [7, 11) is 0. The molecule has 1 unspecified atom stereocenters. The highest BCUT2D eigenvalue weighted by Gasteiger charge is 2.24. The maximum atomic E-state index is 5.76. The number of rotatable bonds is 4. The number of nitrogens with one attached hydrogen (secondary N) is 1. The summed E-state index contributed by atoms with van der Waals surface area (Å²) in [4.78, 5) is 10.8. The van der Waals surface area contributed by atoms with Gasteiger partial charge in [0.15, 0.2) is 0 Å². The van der Waals surface area contributed by atoms with E-state index in [4.69, 9.17) is 5.73 Å². The fourth-order valence-corrected chi connectivity index (χ4v) is 2.16. The van der Waals surface area contributed by atoms with Crippen LogP contribution < -0.4 is 16.0 Å². The average Bonchev–Trinajstić information content (AvgIpc) is 2.78. The quantitative estimate of drug-likeness (QED) is 0.788. The predicted octanol–water partition coefficient (Wildman–Crippen LogP) is 0.836. The third-order valence-corrected chi connectivity index (χ3v) is 2.95. The largest absolute Gasteiger partial charge is 0.370 e. The molecule has 0 aliphatic carbocycles. The Balaban J connectivity index is 2.16. The predicted molar refractivity (Wildman–Crippen MR) is 65.6 cm³/mol. The van der Waals surface area contributed by atoms with E-state index in [9.17, 15) is 0 Å². The van der Waals surface area contributed by atoms with Gasteiger partial charge in [-0.3, -0.25) is 0 Å². The average molecular weight is 221 g/mol. The molecule has 1 aromatic rings. The standard InChI is InChI=1S/C11H19N5/c1-2-13-10-6-11(15-8-14-10)16-5-3-4-9(16)7-12/h6,8-9H,2-5,7,12H2,1H3,(H,13,14,15). The second-order valence-electron chi connectivity index (χ2n) is 4.02. The molecule has 0 bridgehead atoms. The molecule has 1 aliphatic rings. The maximum Gasteiger partial charge on any atom is 0.134 e. The Labute approximate surface area is 96.1 Å². The minimum Gasteiger partial charge on any atom is -0.370 e. The van der Waals surface area contributed by atoms with Crippen molar-refractivity contribution in [3.8, 4) is 0 Å². The van der Waals surface area contributed by atoms with Gasteiger partial charge in [0.05, 0.1) is 0 Å². The van der Waals surface area contributed by atoms with E-state index in [2.05, 4.69) is 27.1 Å². The van der Waals surface area contributed by atoms with Crippen LogP contribution in [0.2, 0.25) is 0 Å². The van der Waals surface area contributed by atoms with Gasteiger partial charge in [-0.15, -0.1) is 0 Å². The Bertz CT molecular complexity index is 341. The van der Waals surface area contributed by atoms with Gasteiger partial charge in [0.25, 0.3) is 0 Å². The van der Waals surface area contributed by atoms with E-state index in [0.717, 1.165) is 31.1 Å². The monoisotopic (exact) mass is 221 g/mol. The minimum absolute atomic E-state index is 0.435. The van der Waals surface area contributed by atoms with E-state index in [1.807, 2.05) is 6.07 Å². The van der Waals surface area contributed by atoms with Crippen molar-refractivity contribution < 1.29 is 0 Å². The van der Waals surface area contributed by atoms with Crippen LogP contribution in [-0.4, -0.2) is 35.6 Å². The van der Waals surface area contributed by atoms with Crippen molar-refractivity contribution in [3.05, 3.63) is 12.4 Å². The fraction of sp³-hybridized carbons (Fsp3) is 0.636. The van der Waals surface area contributed by atoms with Crippen LogP contribution in [0.25, 0.3) is 0 Å². The molecule has 5 nitrogen and oxygen atoms in total. The summed E-state index contributed by atoms with van der Waals surface area (Å²) in [6, 6.07) is 2.43. The lowest BCUT2D eigenvalue weighted by Crippen LogP contribution is -2.35. The van der Waals surface area contributed by atoms with E-state index in [1.54, 1.807) is 6.33 Å². The zero-order chi connectivity index (χ0) is 11.4. The van der Waals surface area contributed by atoms with Crippen LogP contribution >= 0.6 is 0 Å². The van der Waals surface area contributed by atoms with Gasteiger partial charge in [0.2, 0.25) is 0 Å². The fourth-order valence-electron chi connectivity index (χ4n) is 2.16. The maximum absolute atomic E-state index is 5.76. The molecule has 0 radical (unpaired) electrons. The SMILES string of the molecule is CCNc1cc(N2CCCC2CN)ncn1.